The first-order chi connectivity index (χ1) is 15.4. The van der Waals surface area contributed by atoms with Crippen LogP contribution >= 0.6 is 0 Å². The molecule has 0 aromatic rings. The molecule has 0 aromatic carbocycles. The lowest BCUT2D eigenvalue weighted by atomic mass is 9.59. The Labute approximate surface area is 197 Å². The molecule has 3 saturated carbocycles. The molecule has 0 aromatic heterocycles. The second-order valence-corrected chi connectivity index (χ2v) is 12.7. The number of esters is 1. The summed E-state index contributed by atoms with van der Waals surface area (Å²) in [5.41, 5.74) is -1.69. The average Bonchev–Trinajstić information content (AvgIpc) is 3.27. The number of fused-ring (bicyclic) bond motifs is 3. The van der Waals surface area contributed by atoms with Crippen molar-refractivity contribution >= 4 is 11.8 Å². The van der Waals surface area contributed by atoms with E-state index in [1.807, 2.05) is 26.0 Å². The maximum Gasteiger partial charge on any atom is 0.312 e. The molecule has 182 valence electrons. The summed E-state index contributed by atoms with van der Waals surface area (Å²) >= 11 is 0. The van der Waals surface area contributed by atoms with Crippen LogP contribution in [0, 0.1) is 39.9 Å². The van der Waals surface area contributed by atoms with Crippen LogP contribution in [0.15, 0.2) is 23.3 Å². The number of Topliss-reactive ketones (excluding diaryl/α,β-unsaturated/α-hetero) is 1. The zero-order valence-electron chi connectivity index (χ0n) is 20.8. The Bertz CT molecular complexity index is 938. The highest BCUT2D eigenvalue weighted by Crippen LogP contribution is 2.71. The number of hydrogen-bond donors (Lipinski definition) is 2. The van der Waals surface area contributed by atoms with Crippen LogP contribution in [0.4, 0.5) is 0 Å². The van der Waals surface area contributed by atoms with E-state index in [9.17, 15) is 19.8 Å². The fraction of sp³-hybridized carbons (Fsp3) is 0.786. The molecule has 5 aliphatic carbocycles. The highest BCUT2D eigenvalue weighted by Gasteiger charge is 2.74. The van der Waals surface area contributed by atoms with Crippen molar-refractivity contribution in [3.05, 3.63) is 23.3 Å². The van der Waals surface area contributed by atoms with Crippen LogP contribution in [0.1, 0.15) is 79.6 Å². The van der Waals surface area contributed by atoms with Crippen LogP contribution in [0.25, 0.3) is 0 Å². The fourth-order valence-corrected chi connectivity index (χ4v) is 8.37. The van der Waals surface area contributed by atoms with Gasteiger partial charge in [0.1, 0.15) is 5.60 Å². The Morgan fingerprint density at radius 1 is 1.18 bits per heavy atom. The van der Waals surface area contributed by atoms with Crippen LogP contribution in [-0.4, -0.2) is 40.3 Å². The van der Waals surface area contributed by atoms with E-state index < -0.39 is 22.5 Å². The van der Waals surface area contributed by atoms with E-state index in [-0.39, 0.29) is 47.9 Å². The molecule has 0 saturated heterocycles. The molecule has 0 aliphatic heterocycles. The Morgan fingerprint density at radius 2 is 1.85 bits per heavy atom. The Balaban J connectivity index is 1.57. The average molecular weight is 457 g/mol. The molecule has 2 N–H and O–H groups in total. The van der Waals surface area contributed by atoms with Crippen LogP contribution in [0.2, 0.25) is 0 Å². The number of aliphatic hydroxyl groups excluding tert-OH is 1. The van der Waals surface area contributed by atoms with Crippen molar-refractivity contribution in [2.45, 2.75) is 91.3 Å². The van der Waals surface area contributed by atoms with Crippen molar-refractivity contribution in [2.75, 3.05) is 6.61 Å². The molecule has 33 heavy (non-hydrogen) atoms. The van der Waals surface area contributed by atoms with Gasteiger partial charge in [-0.25, -0.2) is 0 Å². The summed E-state index contributed by atoms with van der Waals surface area (Å²) in [5, 5.41) is 22.6. The van der Waals surface area contributed by atoms with E-state index in [0.29, 0.717) is 11.5 Å². The molecule has 5 rings (SSSR count). The lowest BCUT2D eigenvalue weighted by Gasteiger charge is -2.47. The first-order valence-electron chi connectivity index (χ1n) is 12.9. The van der Waals surface area contributed by atoms with Crippen molar-refractivity contribution in [3.63, 3.8) is 0 Å². The summed E-state index contributed by atoms with van der Waals surface area (Å²) in [4.78, 5) is 27.7. The van der Waals surface area contributed by atoms with Crippen LogP contribution in [0.5, 0.6) is 0 Å². The lowest BCUT2D eigenvalue weighted by molar-refractivity contribution is -0.189. The van der Waals surface area contributed by atoms with Crippen molar-refractivity contribution in [3.8, 4) is 0 Å². The molecule has 1 spiro atoms. The molecule has 3 fully saturated rings. The number of carbonyl (C=O) groups excluding carboxylic acids is 2. The van der Waals surface area contributed by atoms with Crippen molar-refractivity contribution in [2.24, 2.45) is 39.9 Å². The van der Waals surface area contributed by atoms with Gasteiger partial charge in [-0.2, -0.15) is 0 Å². The highest BCUT2D eigenvalue weighted by atomic mass is 16.6. The smallest absolute Gasteiger partial charge is 0.312 e. The Kier molecular flexibility index (Phi) is 5.13. The zero-order valence-corrected chi connectivity index (χ0v) is 20.8. The maximum atomic E-state index is 14.3. The predicted octanol–water partition coefficient (Wildman–Crippen LogP) is 4.37. The quantitative estimate of drug-likeness (QED) is 0.487. The van der Waals surface area contributed by atoms with Crippen molar-refractivity contribution in [1.29, 1.82) is 0 Å². The second kappa shape index (κ2) is 7.27. The van der Waals surface area contributed by atoms with E-state index in [0.717, 1.165) is 44.1 Å². The van der Waals surface area contributed by atoms with E-state index in [1.165, 1.54) is 0 Å². The first kappa shape index (κ1) is 23.3. The molecule has 5 aliphatic rings. The summed E-state index contributed by atoms with van der Waals surface area (Å²) in [5.74, 6) is 0.0207. The lowest BCUT2D eigenvalue weighted by Crippen LogP contribution is -2.60. The van der Waals surface area contributed by atoms with E-state index in [2.05, 4.69) is 20.8 Å². The predicted molar refractivity (Wildman–Crippen MR) is 125 cm³/mol. The van der Waals surface area contributed by atoms with Gasteiger partial charge in [0.25, 0.3) is 0 Å². The van der Waals surface area contributed by atoms with Gasteiger partial charge in [-0.15, -0.1) is 0 Å². The van der Waals surface area contributed by atoms with Gasteiger partial charge in [0.2, 0.25) is 0 Å². The molecule has 0 amide bonds. The van der Waals surface area contributed by atoms with Gasteiger partial charge >= 0.3 is 5.97 Å². The molecular formula is C28H40O5. The normalized spacial score (nSPS) is 45.1. The number of allylic oxidation sites excluding steroid dienone is 1. The summed E-state index contributed by atoms with van der Waals surface area (Å²) in [6.45, 7) is 10.2. The summed E-state index contributed by atoms with van der Waals surface area (Å²) in [6.07, 6.45) is 8.77. The Morgan fingerprint density at radius 3 is 2.48 bits per heavy atom. The number of hydrogen-bond acceptors (Lipinski definition) is 5. The molecule has 0 unspecified atom stereocenters. The molecule has 2 bridgehead atoms. The number of aliphatic hydroxyl groups is 2. The number of carbonyl (C=O) groups is 2. The van der Waals surface area contributed by atoms with Gasteiger partial charge < -0.3 is 14.9 Å². The maximum absolute atomic E-state index is 14.3. The van der Waals surface area contributed by atoms with Gasteiger partial charge in [-0.3, -0.25) is 9.59 Å². The third-order valence-corrected chi connectivity index (χ3v) is 10.4. The third kappa shape index (κ3) is 2.97. The van der Waals surface area contributed by atoms with Crippen molar-refractivity contribution < 1.29 is 24.5 Å². The standard InChI is InChI=1S/C28H40O5/c1-16-13-27-17(2)11-20-21(25(20,3)4)19(22(27)30)12-18(15-29)14-28(27,32)23(16)33-24(31)26(5)9-7-6-8-10-26/h12-13,17,19-21,23,29,32H,6-11,14-15H2,1-5H3/t17-,19+,20-,21-,23+,27+,28+/m1/s1. The van der Waals surface area contributed by atoms with E-state index in [4.69, 9.17) is 4.74 Å². The summed E-state index contributed by atoms with van der Waals surface area (Å²) in [7, 11) is 0. The number of ketones is 1. The number of ether oxygens (including phenoxy) is 1. The monoisotopic (exact) mass is 456 g/mol. The van der Waals surface area contributed by atoms with Gasteiger partial charge in [-0.05, 0) is 67.4 Å². The largest absolute Gasteiger partial charge is 0.454 e. The minimum Gasteiger partial charge on any atom is -0.454 e. The fourth-order valence-electron chi connectivity index (χ4n) is 8.37. The van der Waals surface area contributed by atoms with E-state index in [1.54, 1.807) is 0 Å². The van der Waals surface area contributed by atoms with Gasteiger partial charge in [0, 0.05) is 12.3 Å². The SMILES string of the molecule is CC1=C[C@]23C(=O)[C@@H](C=C(CO)C[C@]2(O)[C@H]1OC(=O)C1(C)CCCCC1)[C@@H]1[C@@H](C[C@H]3C)C1(C)C. The van der Waals surface area contributed by atoms with Gasteiger partial charge in [-0.1, -0.05) is 52.2 Å². The van der Waals surface area contributed by atoms with Gasteiger partial charge in [0.15, 0.2) is 11.9 Å². The second-order valence-electron chi connectivity index (χ2n) is 12.7. The third-order valence-electron chi connectivity index (χ3n) is 10.4. The first-order valence-corrected chi connectivity index (χ1v) is 12.9. The minimum absolute atomic E-state index is 0.0424. The molecule has 5 nitrogen and oxygen atoms in total. The van der Waals surface area contributed by atoms with Crippen molar-refractivity contribution in [1.82, 2.24) is 0 Å². The van der Waals surface area contributed by atoms with Crippen LogP contribution < -0.4 is 0 Å². The molecule has 0 radical (unpaired) electrons. The summed E-state index contributed by atoms with van der Waals surface area (Å²) in [6, 6.07) is 0. The molecular weight excluding hydrogens is 416 g/mol. The Hall–Kier alpha value is -1.46. The topological polar surface area (TPSA) is 83.8 Å². The van der Waals surface area contributed by atoms with Crippen LogP contribution in [0.3, 0.4) is 0 Å². The molecule has 5 heteroatoms. The highest BCUT2D eigenvalue weighted by molar-refractivity contribution is 5.95. The minimum atomic E-state index is -1.57. The van der Waals surface area contributed by atoms with Crippen LogP contribution in [-0.2, 0) is 14.3 Å². The van der Waals surface area contributed by atoms with Gasteiger partial charge in [0.05, 0.1) is 17.4 Å². The number of rotatable bonds is 3. The molecule has 7 atom stereocenters. The zero-order chi connectivity index (χ0) is 24.0. The molecule has 0 heterocycles. The summed E-state index contributed by atoms with van der Waals surface area (Å²) < 4.78 is 6.17. The van der Waals surface area contributed by atoms with E-state index >= 15 is 0 Å².